The summed E-state index contributed by atoms with van der Waals surface area (Å²) in [7, 11) is 0. The lowest BCUT2D eigenvalue weighted by molar-refractivity contribution is -0.161. The Bertz CT molecular complexity index is 315. The maximum absolute atomic E-state index is 11.9. The molecule has 4 unspecified atom stereocenters. The molecule has 0 aromatic carbocycles. The van der Waals surface area contributed by atoms with Crippen molar-refractivity contribution in [1.29, 1.82) is 0 Å². The van der Waals surface area contributed by atoms with Gasteiger partial charge in [0.2, 0.25) is 0 Å². The zero-order valence-corrected chi connectivity index (χ0v) is 15.0. The molecule has 2 N–H and O–H groups in total. The Morgan fingerprint density at radius 1 is 0.727 bits per heavy atom. The summed E-state index contributed by atoms with van der Waals surface area (Å²) in [6.45, 7) is 12.0. The molecule has 0 aromatic heterocycles. The van der Waals surface area contributed by atoms with E-state index in [-0.39, 0.29) is 23.7 Å². The summed E-state index contributed by atoms with van der Waals surface area (Å²) >= 11 is 0. The summed E-state index contributed by atoms with van der Waals surface area (Å²) in [5.41, 5.74) is 0. The van der Waals surface area contributed by atoms with E-state index in [0.29, 0.717) is 0 Å². The highest BCUT2D eigenvalue weighted by atomic mass is 16.4. The monoisotopic (exact) mass is 314 g/mol. The van der Waals surface area contributed by atoms with Gasteiger partial charge < -0.3 is 10.2 Å². The molecule has 0 saturated heterocycles. The van der Waals surface area contributed by atoms with E-state index in [4.69, 9.17) is 0 Å². The largest absolute Gasteiger partial charge is 0.481 e. The Kier molecular flexibility index (Phi) is 9.38. The maximum Gasteiger partial charge on any atom is 0.307 e. The van der Waals surface area contributed by atoms with Crippen LogP contribution in [0.15, 0.2) is 0 Å². The van der Waals surface area contributed by atoms with E-state index in [1.54, 1.807) is 0 Å². The highest BCUT2D eigenvalue weighted by Crippen LogP contribution is 2.39. The van der Waals surface area contributed by atoms with Crippen molar-refractivity contribution in [2.45, 2.75) is 67.2 Å². The van der Waals surface area contributed by atoms with E-state index in [1.807, 2.05) is 41.5 Å². The third-order valence-electron chi connectivity index (χ3n) is 4.84. The SMILES string of the molecule is CCCC(C(C)C)C(C(=O)O)C(C(=O)O)C(CCC)C(C)C. The first kappa shape index (κ1) is 20.9. The van der Waals surface area contributed by atoms with Gasteiger partial charge in [-0.1, -0.05) is 54.4 Å². The van der Waals surface area contributed by atoms with Crippen molar-refractivity contribution < 1.29 is 19.8 Å². The second kappa shape index (κ2) is 9.86. The molecule has 0 rings (SSSR count). The number of rotatable bonds is 11. The molecule has 0 amide bonds. The van der Waals surface area contributed by atoms with Crippen molar-refractivity contribution in [2.24, 2.45) is 35.5 Å². The summed E-state index contributed by atoms with van der Waals surface area (Å²) in [4.78, 5) is 23.9. The van der Waals surface area contributed by atoms with Crippen molar-refractivity contribution in [1.82, 2.24) is 0 Å². The molecule has 0 spiro atoms. The fourth-order valence-electron chi connectivity index (χ4n) is 3.73. The van der Waals surface area contributed by atoms with E-state index in [0.717, 1.165) is 25.7 Å². The Balaban J connectivity index is 5.78. The van der Waals surface area contributed by atoms with Gasteiger partial charge in [-0.2, -0.15) is 0 Å². The van der Waals surface area contributed by atoms with Gasteiger partial charge in [-0.15, -0.1) is 0 Å². The molecular formula is C18H34O4. The molecule has 0 aliphatic heterocycles. The standard InChI is InChI=1S/C18H34O4/c1-7-9-13(11(3)4)15(17(19)20)16(18(21)22)14(10-8-2)12(5)6/h11-16H,7-10H2,1-6H3,(H,19,20)(H,21,22). The van der Waals surface area contributed by atoms with E-state index >= 15 is 0 Å². The quantitative estimate of drug-likeness (QED) is 0.587. The van der Waals surface area contributed by atoms with Crippen molar-refractivity contribution >= 4 is 11.9 Å². The zero-order valence-electron chi connectivity index (χ0n) is 15.0. The average molecular weight is 314 g/mol. The van der Waals surface area contributed by atoms with Crippen LogP contribution in [0, 0.1) is 35.5 Å². The Hall–Kier alpha value is -1.06. The summed E-state index contributed by atoms with van der Waals surface area (Å²) in [5, 5.41) is 19.5. The summed E-state index contributed by atoms with van der Waals surface area (Å²) < 4.78 is 0. The number of carbonyl (C=O) groups is 2. The van der Waals surface area contributed by atoms with E-state index in [1.165, 1.54) is 0 Å². The van der Waals surface area contributed by atoms with Crippen LogP contribution in [0.2, 0.25) is 0 Å². The second-order valence-electron chi connectivity index (χ2n) is 7.12. The molecule has 0 heterocycles. The molecule has 4 heteroatoms. The average Bonchev–Trinajstić information content (AvgIpc) is 2.39. The molecule has 0 saturated carbocycles. The minimum atomic E-state index is -0.957. The van der Waals surface area contributed by atoms with Gasteiger partial charge in [0.25, 0.3) is 0 Å². The fraction of sp³-hybridized carbons (Fsp3) is 0.889. The zero-order chi connectivity index (χ0) is 17.4. The molecule has 0 aliphatic carbocycles. The van der Waals surface area contributed by atoms with Gasteiger partial charge >= 0.3 is 11.9 Å². The van der Waals surface area contributed by atoms with Gasteiger partial charge in [-0.3, -0.25) is 9.59 Å². The minimum absolute atomic E-state index is 0.0956. The van der Waals surface area contributed by atoms with Crippen LogP contribution in [0.4, 0.5) is 0 Å². The van der Waals surface area contributed by atoms with Crippen LogP contribution in [-0.2, 0) is 9.59 Å². The lowest BCUT2D eigenvalue weighted by Crippen LogP contribution is -2.43. The van der Waals surface area contributed by atoms with Crippen molar-refractivity contribution in [3.05, 3.63) is 0 Å². The predicted octanol–water partition coefficient (Wildman–Crippen LogP) is 4.53. The van der Waals surface area contributed by atoms with Crippen LogP contribution >= 0.6 is 0 Å². The van der Waals surface area contributed by atoms with Crippen LogP contribution in [-0.4, -0.2) is 22.2 Å². The molecule has 0 radical (unpaired) electrons. The predicted molar refractivity (Wildman–Crippen MR) is 88.7 cm³/mol. The van der Waals surface area contributed by atoms with Crippen LogP contribution < -0.4 is 0 Å². The number of carboxylic acids is 2. The van der Waals surface area contributed by atoms with Crippen molar-refractivity contribution in [2.75, 3.05) is 0 Å². The molecular weight excluding hydrogens is 280 g/mol. The van der Waals surface area contributed by atoms with Gasteiger partial charge in [0.05, 0.1) is 11.8 Å². The summed E-state index contributed by atoms with van der Waals surface area (Å²) in [6.07, 6.45) is 3.27. The highest BCUT2D eigenvalue weighted by Gasteiger charge is 2.44. The van der Waals surface area contributed by atoms with E-state index in [9.17, 15) is 19.8 Å². The van der Waals surface area contributed by atoms with Crippen LogP contribution in [0.5, 0.6) is 0 Å². The number of hydrogen-bond donors (Lipinski definition) is 2. The molecule has 0 aliphatic rings. The van der Waals surface area contributed by atoms with Gasteiger partial charge in [0, 0.05) is 0 Å². The summed E-state index contributed by atoms with van der Waals surface area (Å²) in [6, 6.07) is 0. The highest BCUT2D eigenvalue weighted by molar-refractivity contribution is 5.80. The molecule has 4 nitrogen and oxygen atoms in total. The van der Waals surface area contributed by atoms with E-state index < -0.39 is 23.8 Å². The number of hydrogen-bond acceptors (Lipinski definition) is 2. The number of carboxylic acid groups (broad SMARTS) is 2. The molecule has 0 fully saturated rings. The third-order valence-corrected chi connectivity index (χ3v) is 4.84. The van der Waals surface area contributed by atoms with Gasteiger partial charge in [-0.05, 0) is 36.5 Å². The smallest absolute Gasteiger partial charge is 0.307 e. The minimum Gasteiger partial charge on any atom is -0.481 e. The van der Waals surface area contributed by atoms with Gasteiger partial charge in [0.1, 0.15) is 0 Å². The lowest BCUT2D eigenvalue weighted by Gasteiger charge is -2.36. The summed E-state index contributed by atoms with van der Waals surface area (Å²) in [5.74, 6) is -3.39. The number of aliphatic carboxylic acids is 2. The molecule has 0 bridgehead atoms. The van der Waals surface area contributed by atoms with Crippen molar-refractivity contribution in [3.8, 4) is 0 Å². The van der Waals surface area contributed by atoms with Crippen LogP contribution in [0.1, 0.15) is 67.2 Å². The Morgan fingerprint density at radius 2 is 1.00 bits per heavy atom. The topological polar surface area (TPSA) is 74.6 Å². The second-order valence-corrected chi connectivity index (χ2v) is 7.12. The normalized spacial score (nSPS) is 17.3. The van der Waals surface area contributed by atoms with Crippen LogP contribution in [0.25, 0.3) is 0 Å². The van der Waals surface area contributed by atoms with Crippen molar-refractivity contribution in [3.63, 3.8) is 0 Å². The first-order valence-electron chi connectivity index (χ1n) is 8.64. The van der Waals surface area contributed by atoms with E-state index in [2.05, 4.69) is 0 Å². The van der Waals surface area contributed by atoms with Gasteiger partial charge in [0.15, 0.2) is 0 Å². The maximum atomic E-state index is 11.9. The Morgan fingerprint density at radius 3 is 1.14 bits per heavy atom. The Labute approximate surface area is 135 Å². The molecule has 22 heavy (non-hydrogen) atoms. The first-order valence-corrected chi connectivity index (χ1v) is 8.64. The molecule has 0 aromatic rings. The van der Waals surface area contributed by atoms with Crippen LogP contribution in [0.3, 0.4) is 0 Å². The first-order chi connectivity index (χ1) is 10.2. The fourth-order valence-corrected chi connectivity index (χ4v) is 3.73. The van der Waals surface area contributed by atoms with Gasteiger partial charge in [-0.25, -0.2) is 0 Å². The lowest BCUT2D eigenvalue weighted by atomic mass is 9.66. The third kappa shape index (κ3) is 5.62. The molecule has 4 atom stereocenters. The molecule has 130 valence electrons.